The first kappa shape index (κ1) is 21.6. The van der Waals surface area contributed by atoms with E-state index in [1.807, 2.05) is 41.2 Å². The minimum atomic E-state index is -0.234. The zero-order valence-electron chi connectivity index (χ0n) is 17.3. The van der Waals surface area contributed by atoms with Crippen molar-refractivity contribution in [3.05, 3.63) is 89.2 Å². The Kier molecular flexibility index (Phi) is 6.56. The highest BCUT2D eigenvalue weighted by Crippen LogP contribution is 2.25. The predicted molar refractivity (Wildman–Crippen MR) is 123 cm³/mol. The number of carbonyl (C=O) groups excluding carboxylic acids is 3. The quantitative estimate of drug-likeness (QED) is 0.604. The molecular weight excluding hydrogens is 428 g/mol. The van der Waals surface area contributed by atoms with Gasteiger partial charge >= 0.3 is 0 Å². The summed E-state index contributed by atoms with van der Waals surface area (Å²) in [4.78, 5) is 38.7. The number of anilines is 1. The summed E-state index contributed by atoms with van der Waals surface area (Å²) in [5.74, 6) is -0.588. The summed E-state index contributed by atoms with van der Waals surface area (Å²) in [6.07, 6.45) is 4.04. The lowest BCUT2D eigenvalue weighted by atomic mass is 10.0. The maximum absolute atomic E-state index is 12.9. The summed E-state index contributed by atoms with van der Waals surface area (Å²) in [5.41, 5.74) is 1.93. The van der Waals surface area contributed by atoms with E-state index in [0.29, 0.717) is 29.4 Å². The van der Waals surface area contributed by atoms with Gasteiger partial charge in [-0.05, 0) is 48.0 Å². The van der Waals surface area contributed by atoms with Crippen LogP contribution in [0.3, 0.4) is 0 Å². The van der Waals surface area contributed by atoms with Crippen LogP contribution in [0, 0.1) is 0 Å². The zero-order valence-corrected chi connectivity index (χ0v) is 18.1. The number of carbonyl (C=O) groups is 3. The molecule has 1 fully saturated rings. The predicted octanol–water partition coefficient (Wildman–Crippen LogP) is 3.33. The normalized spacial score (nSPS) is 14.5. The van der Waals surface area contributed by atoms with Gasteiger partial charge in [0.15, 0.2) is 0 Å². The molecule has 7 nitrogen and oxygen atoms in total. The molecule has 0 bridgehead atoms. The maximum Gasteiger partial charge on any atom is 0.254 e. The third kappa shape index (κ3) is 5.18. The summed E-state index contributed by atoms with van der Waals surface area (Å²) < 4.78 is 1.98. The second kappa shape index (κ2) is 9.70. The molecular formula is C24H23ClN4O3. The van der Waals surface area contributed by atoms with Crippen molar-refractivity contribution in [2.24, 2.45) is 0 Å². The van der Waals surface area contributed by atoms with E-state index in [1.54, 1.807) is 36.4 Å². The average Bonchev–Trinajstić information content (AvgIpc) is 3.32. The molecule has 0 saturated carbocycles. The Morgan fingerprint density at radius 1 is 1.06 bits per heavy atom. The number of halogens is 1. The first-order valence-corrected chi connectivity index (χ1v) is 10.7. The molecule has 1 aliphatic heterocycles. The van der Waals surface area contributed by atoms with Gasteiger partial charge in [-0.1, -0.05) is 29.8 Å². The van der Waals surface area contributed by atoms with Gasteiger partial charge < -0.3 is 20.1 Å². The fourth-order valence-electron chi connectivity index (χ4n) is 3.75. The molecule has 32 heavy (non-hydrogen) atoms. The molecule has 4 rings (SSSR count). The Hall–Kier alpha value is -3.58. The van der Waals surface area contributed by atoms with E-state index in [9.17, 15) is 14.4 Å². The molecule has 8 heteroatoms. The third-order valence-electron chi connectivity index (χ3n) is 5.34. The van der Waals surface area contributed by atoms with E-state index in [0.717, 1.165) is 5.56 Å². The highest BCUT2D eigenvalue weighted by atomic mass is 35.5. The molecule has 2 N–H and O–H groups in total. The second-order valence-electron chi connectivity index (χ2n) is 7.61. The molecule has 1 atom stereocenters. The summed E-state index contributed by atoms with van der Waals surface area (Å²) in [7, 11) is 0. The second-order valence-corrected chi connectivity index (χ2v) is 8.04. The first-order chi connectivity index (χ1) is 15.5. The molecule has 3 amide bonds. The SMILES string of the molecule is O=C1CN(C(=O)c2cccc(NC(=O)CC(c3ccc(Cl)cc3)n3cccc3)c2)CCN1. The Morgan fingerprint density at radius 3 is 2.53 bits per heavy atom. The summed E-state index contributed by atoms with van der Waals surface area (Å²) in [5, 5.41) is 6.23. The summed E-state index contributed by atoms with van der Waals surface area (Å²) >= 11 is 6.02. The van der Waals surface area contributed by atoms with E-state index >= 15 is 0 Å². The van der Waals surface area contributed by atoms with Gasteiger partial charge in [0.1, 0.15) is 0 Å². The van der Waals surface area contributed by atoms with Gasteiger partial charge in [-0.3, -0.25) is 14.4 Å². The number of hydrogen-bond acceptors (Lipinski definition) is 3. The molecule has 164 valence electrons. The van der Waals surface area contributed by atoms with E-state index in [2.05, 4.69) is 10.6 Å². The molecule has 1 unspecified atom stereocenters. The van der Waals surface area contributed by atoms with Gasteiger partial charge in [-0.2, -0.15) is 0 Å². The van der Waals surface area contributed by atoms with Crippen molar-refractivity contribution >= 4 is 35.0 Å². The van der Waals surface area contributed by atoms with Crippen LogP contribution in [0.4, 0.5) is 5.69 Å². The van der Waals surface area contributed by atoms with Gasteiger partial charge in [0, 0.05) is 41.8 Å². The van der Waals surface area contributed by atoms with Crippen molar-refractivity contribution < 1.29 is 14.4 Å². The van der Waals surface area contributed by atoms with Gasteiger partial charge in [0.2, 0.25) is 11.8 Å². The van der Waals surface area contributed by atoms with Crippen LogP contribution >= 0.6 is 11.6 Å². The number of benzene rings is 2. The topological polar surface area (TPSA) is 83.4 Å². The van der Waals surface area contributed by atoms with Gasteiger partial charge in [0.05, 0.1) is 19.0 Å². The Bertz CT molecular complexity index is 1110. The van der Waals surface area contributed by atoms with Crippen LogP contribution in [0.15, 0.2) is 73.1 Å². The summed E-state index contributed by atoms with van der Waals surface area (Å²) in [6, 6.07) is 17.8. The largest absolute Gasteiger partial charge is 0.353 e. The molecule has 2 heterocycles. The maximum atomic E-state index is 12.9. The van der Waals surface area contributed by atoms with E-state index < -0.39 is 0 Å². The van der Waals surface area contributed by atoms with Crippen LogP contribution in [0.2, 0.25) is 5.02 Å². The van der Waals surface area contributed by atoms with Crippen molar-refractivity contribution in [1.29, 1.82) is 0 Å². The van der Waals surface area contributed by atoms with Crippen LogP contribution in [-0.4, -0.2) is 46.8 Å². The number of amides is 3. The molecule has 0 radical (unpaired) electrons. The fourth-order valence-corrected chi connectivity index (χ4v) is 3.87. The Morgan fingerprint density at radius 2 is 1.81 bits per heavy atom. The van der Waals surface area contributed by atoms with Crippen molar-refractivity contribution in [1.82, 2.24) is 14.8 Å². The Labute approximate surface area is 191 Å². The van der Waals surface area contributed by atoms with Crippen molar-refractivity contribution in [2.75, 3.05) is 25.0 Å². The number of hydrogen-bond donors (Lipinski definition) is 2. The average molecular weight is 451 g/mol. The molecule has 1 aliphatic rings. The molecule has 1 aromatic heterocycles. The molecule has 0 spiro atoms. The van der Waals surface area contributed by atoms with E-state index in [1.165, 1.54) is 4.90 Å². The van der Waals surface area contributed by atoms with Crippen LogP contribution in [-0.2, 0) is 9.59 Å². The summed E-state index contributed by atoms with van der Waals surface area (Å²) in [6.45, 7) is 0.933. The lowest BCUT2D eigenvalue weighted by Crippen LogP contribution is -2.49. The van der Waals surface area contributed by atoms with Crippen LogP contribution < -0.4 is 10.6 Å². The van der Waals surface area contributed by atoms with Crippen molar-refractivity contribution in [3.63, 3.8) is 0 Å². The highest BCUT2D eigenvalue weighted by Gasteiger charge is 2.23. The number of nitrogens with one attached hydrogen (secondary N) is 2. The monoisotopic (exact) mass is 450 g/mol. The lowest BCUT2D eigenvalue weighted by Gasteiger charge is -2.26. The van der Waals surface area contributed by atoms with Crippen LogP contribution in [0.1, 0.15) is 28.4 Å². The minimum Gasteiger partial charge on any atom is -0.353 e. The van der Waals surface area contributed by atoms with E-state index in [-0.39, 0.29) is 36.7 Å². The standard InChI is InChI=1S/C24H23ClN4O3/c25-19-8-6-17(7-9-19)21(28-11-1-2-12-28)15-22(30)27-20-5-3-4-18(14-20)24(32)29-13-10-26-23(31)16-29/h1-9,11-12,14,21H,10,13,15-16H2,(H,26,31)(H,27,30). The van der Waals surface area contributed by atoms with Crippen molar-refractivity contribution in [2.45, 2.75) is 12.5 Å². The van der Waals surface area contributed by atoms with Crippen LogP contribution in [0.5, 0.6) is 0 Å². The third-order valence-corrected chi connectivity index (χ3v) is 5.59. The van der Waals surface area contributed by atoms with Gasteiger partial charge in [-0.25, -0.2) is 0 Å². The first-order valence-electron chi connectivity index (χ1n) is 10.3. The van der Waals surface area contributed by atoms with Gasteiger partial charge in [0.25, 0.3) is 5.91 Å². The fraction of sp³-hybridized carbons (Fsp3) is 0.208. The molecule has 2 aromatic carbocycles. The lowest BCUT2D eigenvalue weighted by molar-refractivity contribution is -0.123. The van der Waals surface area contributed by atoms with Gasteiger partial charge in [-0.15, -0.1) is 0 Å². The minimum absolute atomic E-state index is 0.0368. The Balaban J connectivity index is 1.47. The molecule has 1 saturated heterocycles. The molecule has 0 aliphatic carbocycles. The van der Waals surface area contributed by atoms with Crippen molar-refractivity contribution in [3.8, 4) is 0 Å². The number of piperazine rings is 1. The zero-order chi connectivity index (χ0) is 22.5. The highest BCUT2D eigenvalue weighted by molar-refractivity contribution is 6.30. The number of rotatable bonds is 6. The van der Waals surface area contributed by atoms with Crippen LogP contribution in [0.25, 0.3) is 0 Å². The number of nitrogens with zero attached hydrogens (tertiary/aromatic N) is 2. The molecule has 3 aromatic rings. The smallest absolute Gasteiger partial charge is 0.254 e. The number of aromatic nitrogens is 1. The van der Waals surface area contributed by atoms with E-state index in [4.69, 9.17) is 11.6 Å².